The van der Waals surface area contributed by atoms with Gasteiger partial charge in [-0.3, -0.25) is 0 Å². The summed E-state index contributed by atoms with van der Waals surface area (Å²) in [5.41, 5.74) is 2.05. The first kappa shape index (κ1) is 6.28. The normalized spacial score (nSPS) is 10.3. The Hall–Kier alpha value is -1.44. The number of aromatic amines is 1. The summed E-state index contributed by atoms with van der Waals surface area (Å²) in [7, 11) is 0. The standard InChI is InChI=1S/C9H8N2/c1-2-9-10-7-5-3-4-6-8(7)11-9/h2-6H,1H2,(H,10,11). The van der Waals surface area contributed by atoms with Gasteiger partial charge in [-0.1, -0.05) is 12.1 Å². The van der Waals surface area contributed by atoms with Crippen LogP contribution >= 0.6 is 0 Å². The number of hydrogen-bond acceptors (Lipinski definition) is 1. The molecule has 0 saturated heterocycles. The Morgan fingerprint density at radius 1 is 1.36 bits per heavy atom. The third-order valence-corrected chi connectivity index (χ3v) is 1.60. The van der Waals surface area contributed by atoms with E-state index < -0.39 is 0 Å². The van der Waals surface area contributed by atoms with Gasteiger partial charge in [0, 0.05) is 0 Å². The lowest BCUT2D eigenvalue weighted by molar-refractivity contribution is 1.21. The van der Waals surface area contributed by atoms with Crippen molar-refractivity contribution < 1.29 is 0 Å². The zero-order valence-electron chi connectivity index (χ0n) is 6.04. The first-order chi connectivity index (χ1) is 5.40. The van der Waals surface area contributed by atoms with E-state index in [0.29, 0.717) is 0 Å². The summed E-state index contributed by atoms with van der Waals surface area (Å²) in [5, 5.41) is 0. The van der Waals surface area contributed by atoms with Crippen molar-refractivity contribution in [3.05, 3.63) is 43.4 Å². The molecule has 2 aromatic rings. The zero-order valence-corrected chi connectivity index (χ0v) is 6.04. The number of H-pyrrole nitrogens is 1. The number of benzene rings is 1. The minimum Gasteiger partial charge on any atom is -0.304 e. The Balaban J connectivity index is 2.69. The predicted octanol–water partition coefficient (Wildman–Crippen LogP) is 1.95. The molecule has 1 N–H and O–H groups in total. The number of fused-ring (bicyclic) bond motifs is 1. The van der Waals surface area contributed by atoms with Crippen LogP contribution in [-0.2, 0) is 0 Å². The molecule has 11 heavy (non-hydrogen) atoms. The highest BCUT2D eigenvalue weighted by atomic mass is 14.9. The second kappa shape index (κ2) is 2.31. The Kier molecular flexibility index (Phi) is 1.32. The Morgan fingerprint density at radius 3 is 2.91 bits per heavy atom. The molecule has 54 valence electrons. The maximum Gasteiger partial charge on any atom is 0.262 e. The summed E-state index contributed by atoms with van der Waals surface area (Å²) in [5.74, 6) is 0.825. The lowest BCUT2D eigenvalue weighted by Crippen LogP contribution is -1.76. The van der Waals surface area contributed by atoms with Crippen molar-refractivity contribution in [3.63, 3.8) is 0 Å². The molecule has 0 amide bonds. The van der Waals surface area contributed by atoms with Gasteiger partial charge in [-0.15, -0.1) is 6.92 Å². The molecule has 0 aliphatic carbocycles. The topological polar surface area (TPSA) is 28.7 Å². The largest absolute Gasteiger partial charge is 0.304 e. The van der Waals surface area contributed by atoms with Gasteiger partial charge in [0.1, 0.15) is 0 Å². The molecule has 2 nitrogen and oxygen atoms in total. The summed E-state index contributed by atoms with van der Waals surface area (Å²) in [6.07, 6.45) is 1.71. The average molecular weight is 144 g/mol. The molecule has 0 unspecified atom stereocenters. The first-order valence-corrected chi connectivity index (χ1v) is 3.47. The van der Waals surface area contributed by atoms with E-state index in [0.717, 1.165) is 16.9 Å². The van der Waals surface area contributed by atoms with Crippen LogP contribution in [-0.4, -0.2) is 9.97 Å². The van der Waals surface area contributed by atoms with Gasteiger partial charge in [0.2, 0.25) is 0 Å². The third-order valence-electron chi connectivity index (χ3n) is 1.60. The van der Waals surface area contributed by atoms with Gasteiger partial charge in [-0.25, -0.2) is 0 Å². The summed E-state index contributed by atoms with van der Waals surface area (Å²) >= 11 is 0. The van der Waals surface area contributed by atoms with Gasteiger partial charge < -0.3 is 4.98 Å². The van der Waals surface area contributed by atoms with E-state index in [9.17, 15) is 0 Å². The number of aromatic nitrogens is 2. The average Bonchev–Trinajstić information content (AvgIpc) is 2.46. The van der Waals surface area contributed by atoms with Crippen molar-refractivity contribution in [2.24, 2.45) is 0 Å². The minimum absolute atomic E-state index is 0.825. The molecule has 2 rings (SSSR count). The van der Waals surface area contributed by atoms with Gasteiger partial charge in [0.15, 0.2) is 0 Å². The SMILES string of the molecule is [CH2-][CH+]c1nc2ccccc2[nH]1. The van der Waals surface area contributed by atoms with Crippen LogP contribution < -0.4 is 0 Å². The fourth-order valence-electron chi connectivity index (χ4n) is 1.07. The number of nitrogens with zero attached hydrogens (tertiary/aromatic N) is 1. The highest BCUT2D eigenvalue weighted by molar-refractivity contribution is 5.74. The highest BCUT2D eigenvalue weighted by Gasteiger charge is 2.01. The highest BCUT2D eigenvalue weighted by Crippen LogP contribution is 2.10. The molecule has 1 heterocycles. The van der Waals surface area contributed by atoms with Gasteiger partial charge >= 0.3 is 0 Å². The van der Waals surface area contributed by atoms with Crippen molar-refractivity contribution >= 4 is 11.0 Å². The van der Waals surface area contributed by atoms with E-state index in [2.05, 4.69) is 16.9 Å². The molecule has 0 radical (unpaired) electrons. The molecule has 1 aromatic heterocycles. The maximum absolute atomic E-state index is 4.26. The molecule has 2 heteroatoms. The van der Waals surface area contributed by atoms with Crippen LogP contribution in [0.2, 0.25) is 0 Å². The van der Waals surface area contributed by atoms with Crippen molar-refractivity contribution in [2.75, 3.05) is 0 Å². The minimum atomic E-state index is 0.825. The van der Waals surface area contributed by atoms with Crippen LogP contribution in [0.5, 0.6) is 0 Å². The summed E-state index contributed by atoms with van der Waals surface area (Å²) in [4.78, 5) is 7.37. The number of hydrogen-bond donors (Lipinski definition) is 1. The first-order valence-electron chi connectivity index (χ1n) is 3.47. The quantitative estimate of drug-likeness (QED) is 0.609. The van der Waals surface area contributed by atoms with Crippen molar-refractivity contribution in [1.82, 2.24) is 9.97 Å². The van der Waals surface area contributed by atoms with Crippen LogP contribution in [0.4, 0.5) is 0 Å². The second-order valence-electron chi connectivity index (χ2n) is 2.34. The molecule has 0 spiro atoms. The van der Waals surface area contributed by atoms with Gasteiger partial charge in [0.25, 0.3) is 5.82 Å². The van der Waals surface area contributed by atoms with E-state index in [1.54, 1.807) is 6.42 Å². The molecule has 0 fully saturated rings. The molecule has 0 aliphatic rings. The summed E-state index contributed by atoms with van der Waals surface area (Å²) < 4.78 is 0. The van der Waals surface area contributed by atoms with Crippen LogP contribution in [0.25, 0.3) is 11.0 Å². The number of nitrogens with one attached hydrogen (secondary N) is 1. The molecule has 0 atom stereocenters. The van der Waals surface area contributed by atoms with E-state index in [1.807, 2.05) is 24.3 Å². The monoisotopic (exact) mass is 144 g/mol. The predicted molar refractivity (Wildman–Crippen MR) is 44.9 cm³/mol. The fourth-order valence-corrected chi connectivity index (χ4v) is 1.07. The molecule has 0 bridgehead atoms. The number of para-hydroxylation sites is 2. The smallest absolute Gasteiger partial charge is 0.262 e. The second-order valence-corrected chi connectivity index (χ2v) is 2.34. The third kappa shape index (κ3) is 0.963. The Morgan fingerprint density at radius 2 is 2.18 bits per heavy atom. The maximum atomic E-state index is 4.26. The van der Waals surface area contributed by atoms with E-state index in [-0.39, 0.29) is 0 Å². The van der Waals surface area contributed by atoms with Crippen LogP contribution in [0.1, 0.15) is 5.82 Å². The Bertz CT molecular complexity index is 329. The van der Waals surface area contributed by atoms with Crippen molar-refractivity contribution in [3.8, 4) is 0 Å². The van der Waals surface area contributed by atoms with E-state index in [1.165, 1.54) is 0 Å². The lowest BCUT2D eigenvalue weighted by atomic mass is 10.3. The summed E-state index contributed by atoms with van der Waals surface area (Å²) in [6, 6.07) is 7.91. The fraction of sp³-hybridized carbons (Fsp3) is 0. The molecule has 0 aliphatic heterocycles. The van der Waals surface area contributed by atoms with E-state index in [4.69, 9.17) is 0 Å². The lowest BCUT2D eigenvalue weighted by Gasteiger charge is -1.80. The van der Waals surface area contributed by atoms with Gasteiger partial charge in [-0.05, 0) is 18.6 Å². The summed E-state index contributed by atoms with van der Waals surface area (Å²) in [6.45, 7) is 3.63. The molecule has 1 aromatic carbocycles. The molecular weight excluding hydrogens is 136 g/mol. The molecule has 0 saturated carbocycles. The van der Waals surface area contributed by atoms with Gasteiger partial charge in [0.05, 0.1) is 11.0 Å². The van der Waals surface area contributed by atoms with Crippen molar-refractivity contribution in [1.29, 1.82) is 0 Å². The van der Waals surface area contributed by atoms with Crippen LogP contribution in [0.15, 0.2) is 24.3 Å². The zero-order chi connectivity index (χ0) is 7.68. The van der Waals surface area contributed by atoms with Crippen LogP contribution in [0.3, 0.4) is 0 Å². The number of imidazole rings is 1. The molecular formula is C9H8N2. The number of rotatable bonds is 1. The Labute approximate surface area is 65.3 Å². The van der Waals surface area contributed by atoms with E-state index >= 15 is 0 Å². The van der Waals surface area contributed by atoms with Crippen molar-refractivity contribution in [2.45, 2.75) is 0 Å². The van der Waals surface area contributed by atoms with Gasteiger partial charge in [-0.2, -0.15) is 4.98 Å². The van der Waals surface area contributed by atoms with Crippen LogP contribution in [0, 0.1) is 13.3 Å².